The third-order valence-electron chi connectivity index (χ3n) is 2.61. The highest BCUT2D eigenvalue weighted by Crippen LogP contribution is 2.21. The summed E-state index contributed by atoms with van der Waals surface area (Å²) in [6, 6.07) is 4.81. The number of aliphatic carboxylic acids is 1. The van der Waals surface area contributed by atoms with Crippen molar-refractivity contribution >= 4 is 31.9 Å². The summed E-state index contributed by atoms with van der Waals surface area (Å²) in [5, 5.41) is 18.4. The summed E-state index contributed by atoms with van der Waals surface area (Å²) in [7, 11) is -3.82. The van der Waals surface area contributed by atoms with E-state index in [1.165, 1.54) is 13.0 Å². The number of sulfonamides is 1. The molecule has 3 N–H and O–H groups in total. The topological polar surface area (TPSA) is 104 Å². The van der Waals surface area contributed by atoms with Crippen molar-refractivity contribution in [1.82, 2.24) is 4.72 Å². The molecule has 0 aliphatic rings. The first kappa shape index (κ1) is 17.1. The van der Waals surface area contributed by atoms with Crippen LogP contribution in [0, 0.1) is 6.92 Å². The molecule has 0 fully saturated rings. The van der Waals surface area contributed by atoms with Crippen molar-refractivity contribution in [1.29, 1.82) is 0 Å². The van der Waals surface area contributed by atoms with E-state index in [1.54, 1.807) is 19.1 Å². The molecule has 0 bridgehead atoms. The maximum Gasteiger partial charge on any atom is 0.306 e. The molecule has 0 saturated carbocycles. The second kappa shape index (κ2) is 6.21. The fourth-order valence-electron chi connectivity index (χ4n) is 1.58. The highest BCUT2D eigenvalue weighted by Gasteiger charge is 2.27. The van der Waals surface area contributed by atoms with Gasteiger partial charge < -0.3 is 10.2 Å². The molecule has 0 spiro atoms. The molecule has 1 rings (SSSR count). The third-order valence-corrected chi connectivity index (χ3v) is 4.65. The quantitative estimate of drug-likeness (QED) is 0.703. The molecule has 0 aliphatic heterocycles. The van der Waals surface area contributed by atoms with Gasteiger partial charge in [-0.25, -0.2) is 13.1 Å². The summed E-state index contributed by atoms with van der Waals surface area (Å²) in [5.74, 6) is -1.20. The molecule has 1 aromatic rings. The molecule has 1 unspecified atom stereocenters. The smallest absolute Gasteiger partial charge is 0.306 e. The summed E-state index contributed by atoms with van der Waals surface area (Å²) in [5.41, 5.74) is -1.10. The van der Waals surface area contributed by atoms with Gasteiger partial charge in [-0.15, -0.1) is 0 Å². The molecule has 20 heavy (non-hydrogen) atoms. The number of nitrogens with one attached hydrogen (secondary N) is 1. The van der Waals surface area contributed by atoms with Crippen LogP contribution in [0.1, 0.15) is 18.9 Å². The molecule has 8 heteroatoms. The molecular formula is C12H16BrNO5S. The van der Waals surface area contributed by atoms with Crippen LogP contribution in [0.3, 0.4) is 0 Å². The van der Waals surface area contributed by atoms with Crippen LogP contribution in [0.4, 0.5) is 0 Å². The Hall–Kier alpha value is -0.960. The molecule has 0 saturated heterocycles. The fraction of sp³-hybridized carbons (Fsp3) is 0.417. The number of hydrogen-bond acceptors (Lipinski definition) is 4. The number of aliphatic hydroxyl groups is 1. The van der Waals surface area contributed by atoms with Crippen LogP contribution in [0.25, 0.3) is 0 Å². The van der Waals surface area contributed by atoms with E-state index in [1.807, 2.05) is 0 Å². The highest BCUT2D eigenvalue weighted by atomic mass is 79.9. The minimum absolute atomic E-state index is 0.0815. The second-order valence-corrected chi connectivity index (χ2v) is 7.45. The van der Waals surface area contributed by atoms with E-state index in [2.05, 4.69) is 20.7 Å². The minimum atomic E-state index is -3.82. The van der Waals surface area contributed by atoms with Crippen LogP contribution < -0.4 is 4.72 Å². The Morgan fingerprint density at radius 3 is 2.60 bits per heavy atom. The van der Waals surface area contributed by atoms with Crippen molar-refractivity contribution < 1.29 is 23.4 Å². The summed E-state index contributed by atoms with van der Waals surface area (Å²) < 4.78 is 27.1. The van der Waals surface area contributed by atoms with E-state index >= 15 is 0 Å². The average Bonchev–Trinajstić information content (AvgIpc) is 2.28. The van der Waals surface area contributed by atoms with E-state index in [9.17, 15) is 18.3 Å². The van der Waals surface area contributed by atoms with Gasteiger partial charge >= 0.3 is 5.97 Å². The molecule has 1 atom stereocenters. The van der Waals surface area contributed by atoms with Gasteiger partial charge in [0.2, 0.25) is 10.0 Å². The Labute approximate surface area is 126 Å². The van der Waals surface area contributed by atoms with E-state index in [0.29, 0.717) is 10.0 Å². The summed E-state index contributed by atoms with van der Waals surface area (Å²) in [6.45, 7) is 2.53. The van der Waals surface area contributed by atoms with Gasteiger partial charge in [-0.3, -0.25) is 4.79 Å². The largest absolute Gasteiger partial charge is 0.481 e. The lowest BCUT2D eigenvalue weighted by Gasteiger charge is -2.21. The highest BCUT2D eigenvalue weighted by molar-refractivity contribution is 9.10. The number of rotatable bonds is 6. The van der Waals surface area contributed by atoms with Crippen LogP contribution in [-0.2, 0) is 14.8 Å². The van der Waals surface area contributed by atoms with E-state index in [0.717, 1.165) is 0 Å². The van der Waals surface area contributed by atoms with Crippen molar-refractivity contribution in [2.24, 2.45) is 0 Å². The normalized spacial score (nSPS) is 14.8. The first-order valence-electron chi connectivity index (χ1n) is 5.73. The minimum Gasteiger partial charge on any atom is -0.481 e. The number of carboxylic acid groups (broad SMARTS) is 1. The molecule has 112 valence electrons. The van der Waals surface area contributed by atoms with Gasteiger partial charge in [0.05, 0.1) is 16.9 Å². The van der Waals surface area contributed by atoms with Crippen LogP contribution in [0.5, 0.6) is 0 Å². The Balaban J connectivity index is 2.91. The predicted octanol–water partition coefficient (Wildman–Crippen LogP) is 1.26. The van der Waals surface area contributed by atoms with Gasteiger partial charge in [0, 0.05) is 11.0 Å². The first-order valence-corrected chi connectivity index (χ1v) is 8.01. The van der Waals surface area contributed by atoms with Crippen LogP contribution in [0.2, 0.25) is 0 Å². The van der Waals surface area contributed by atoms with Gasteiger partial charge in [0.1, 0.15) is 0 Å². The lowest BCUT2D eigenvalue weighted by atomic mass is 10.0. The molecule has 0 radical (unpaired) electrons. The van der Waals surface area contributed by atoms with Crippen LogP contribution in [-0.4, -0.2) is 36.7 Å². The SMILES string of the molecule is Cc1ccc(Br)cc1S(=O)(=O)NCC(C)(O)CC(=O)O. The standard InChI is InChI=1S/C12H16BrNO5S/c1-8-3-4-9(13)5-10(8)20(18,19)14-7-12(2,17)6-11(15)16/h3-5,14,17H,6-7H2,1-2H3,(H,15,16). The second-order valence-electron chi connectivity index (χ2n) is 4.80. The Kier molecular flexibility index (Phi) is 5.31. The van der Waals surface area contributed by atoms with Crippen molar-refractivity contribution in [3.8, 4) is 0 Å². The maximum atomic E-state index is 12.1. The van der Waals surface area contributed by atoms with Crippen LogP contribution >= 0.6 is 15.9 Å². The Bertz CT molecular complexity index is 612. The number of carboxylic acids is 1. The lowest BCUT2D eigenvalue weighted by molar-refractivity contribution is -0.141. The van der Waals surface area contributed by atoms with E-state index in [-0.39, 0.29) is 11.4 Å². The van der Waals surface area contributed by atoms with Crippen molar-refractivity contribution in [2.45, 2.75) is 30.8 Å². The molecule has 6 nitrogen and oxygen atoms in total. The van der Waals surface area contributed by atoms with E-state index in [4.69, 9.17) is 5.11 Å². The number of halogens is 1. The average molecular weight is 366 g/mol. The monoisotopic (exact) mass is 365 g/mol. The predicted molar refractivity (Wildman–Crippen MR) is 76.9 cm³/mol. The number of carbonyl (C=O) groups is 1. The van der Waals surface area contributed by atoms with Gasteiger partial charge in [0.15, 0.2) is 0 Å². The van der Waals surface area contributed by atoms with Gasteiger partial charge in [-0.2, -0.15) is 0 Å². The zero-order valence-electron chi connectivity index (χ0n) is 11.1. The van der Waals surface area contributed by atoms with Crippen LogP contribution in [0.15, 0.2) is 27.6 Å². The summed E-state index contributed by atoms with van der Waals surface area (Å²) in [6.07, 6.45) is -0.549. The van der Waals surface area contributed by atoms with Gasteiger partial charge in [-0.05, 0) is 31.5 Å². The van der Waals surface area contributed by atoms with Gasteiger partial charge in [-0.1, -0.05) is 22.0 Å². The molecular weight excluding hydrogens is 350 g/mol. The van der Waals surface area contributed by atoms with Crippen molar-refractivity contribution in [2.75, 3.05) is 6.54 Å². The molecule has 0 heterocycles. The number of hydrogen-bond donors (Lipinski definition) is 3. The third kappa shape index (κ3) is 4.86. The lowest BCUT2D eigenvalue weighted by Crippen LogP contribution is -2.42. The summed E-state index contributed by atoms with van der Waals surface area (Å²) >= 11 is 3.19. The fourth-order valence-corrected chi connectivity index (χ4v) is 3.52. The molecule has 0 aromatic heterocycles. The number of benzene rings is 1. The zero-order valence-corrected chi connectivity index (χ0v) is 13.5. The Morgan fingerprint density at radius 2 is 2.05 bits per heavy atom. The molecule has 0 aliphatic carbocycles. The maximum absolute atomic E-state index is 12.1. The number of aryl methyl sites for hydroxylation is 1. The van der Waals surface area contributed by atoms with Gasteiger partial charge in [0.25, 0.3) is 0 Å². The van der Waals surface area contributed by atoms with E-state index < -0.39 is 28.0 Å². The van der Waals surface area contributed by atoms with Crippen molar-refractivity contribution in [3.63, 3.8) is 0 Å². The van der Waals surface area contributed by atoms with Crippen molar-refractivity contribution in [3.05, 3.63) is 28.2 Å². The zero-order chi connectivity index (χ0) is 15.6. The Morgan fingerprint density at radius 1 is 1.45 bits per heavy atom. The first-order chi connectivity index (χ1) is 9.03. The molecule has 1 aromatic carbocycles. The molecule has 0 amide bonds. The summed E-state index contributed by atoms with van der Waals surface area (Å²) in [4.78, 5) is 10.6.